The molecule has 0 bridgehead atoms. The number of nitrogens with one attached hydrogen (secondary N) is 1. The highest BCUT2D eigenvalue weighted by molar-refractivity contribution is 7.94. The van der Waals surface area contributed by atoms with Crippen LogP contribution in [0.4, 0.5) is 5.69 Å². The minimum absolute atomic E-state index is 0.171. The maximum Gasteiger partial charge on any atom is 0.271 e. The lowest BCUT2D eigenvalue weighted by molar-refractivity contribution is -0.139. The molecule has 1 amide bonds. The van der Waals surface area contributed by atoms with Crippen molar-refractivity contribution in [3.63, 3.8) is 0 Å². The van der Waals surface area contributed by atoms with Gasteiger partial charge >= 0.3 is 0 Å². The Labute approximate surface area is 163 Å². The summed E-state index contributed by atoms with van der Waals surface area (Å²) in [7, 11) is -2.09. The first-order valence-corrected chi connectivity index (χ1v) is 11.3. The van der Waals surface area contributed by atoms with Crippen molar-refractivity contribution in [2.45, 2.75) is 36.4 Å². The van der Waals surface area contributed by atoms with Gasteiger partial charge in [-0.2, -0.15) is 0 Å². The molecule has 1 aromatic heterocycles. The SMILES string of the molecule is COc1ccc(NS(=O)(=O)c2cc3c(s2)CCN(C(=O)C2CCC2)C3)cc1. The number of hydrogen-bond donors (Lipinski definition) is 1. The molecular weight excluding hydrogens is 384 g/mol. The summed E-state index contributed by atoms with van der Waals surface area (Å²) in [6, 6.07) is 8.47. The van der Waals surface area contributed by atoms with E-state index in [2.05, 4.69) is 4.72 Å². The fraction of sp³-hybridized carbons (Fsp3) is 0.421. The van der Waals surface area contributed by atoms with Crippen LogP contribution in [0.25, 0.3) is 0 Å². The van der Waals surface area contributed by atoms with Gasteiger partial charge in [-0.15, -0.1) is 11.3 Å². The zero-order chi connectivity index (χ0) is 19.0. The zero-order valence-corrected chi connectivity index (χ0v) is 16.7. The molecule has 0 saturated heterocycles. The number of benzene rings is 1. The number of fused-ring (bicyclic) bond motifs is 1. The molecule has 1 aliphatic heterocycles. The van der Waals surface area contributed by atoms with Crippen molar-refractivity contribution in [1.29, 1.82) is 0 Å². The quantitative estimate of drug-likeness (QED) is 0.827. The standard InChI is InChI=1S/C19H22N2O4S2/c1-25-16-7-5-15(6-8-16)20-27(23,24)18-11-14-12-21(10-9-17(14)26-18)19(22)13-3-2-4-13/h5-8,11,13,20H,2-4,9-10,12H2,1H3. The van der Waals surface area contributed by atoms with E-state index in [1.165, 1.54) is 11.3 Å². The topological polar surface area (TPSA) is 75.7 Å². The van der Waals surface area contributed by atoms with Crippen LogP contribution in [-0.2, 0) is 27.8 Å². The molecule has 0 spiro atoms. The van der Waals surface area contributed by atoms with Crippen molar-refractivity contribution in [3.8, 4) is 5.75 Å². The Balaban J connectivity index is 1.49. The van der Waals surface area contributed by atoms with E-state index in [9.17, 15) is 13.2 Å². The largest absolute Gasteiger partial charge is 0.497 e. The van der Waals surface area contributed by atoms with E-state index in [4.69, 9.17) is 4.74 Å². The minimum atomic E-state index is -3.65. The van der Waals surface area contributed by atoms with Gasteiger partial charge in [0.1, 0.15) is 9.96 Å². The molecule has 1 fully saturated rings. The molecule has 0 radical (unpaired) electrons. The Hall–Kier alpha value is -2.06. The van der Waals surface area contributed by atoms with Gasteiger partial charge in [0, 0.05) is 29.6 Å². The third kappa shape index (κ3) is 3.68. The number of rotatable bonds is 5. The average Bonchev–Trinajstić information content (AvgIpc) is 3.05. The predicted octanol–water partition coefficient (Wildman–Crippen LogP) is 3.24. The molecule has 0 atom stereocenters. The molecule has 1 aliphatic carbocycles. The van der Waals surface area contributed by atoms with E-state index in [1.54, 1.807) is 37.4 Å². The number of anilines is 1. The lowest BCUT2D eigenvalue weighted by Crippen LogP contribution is -2.41. The van der Waals surface area contributed by atoms with Crippen molar-refractivity contribution >= 4 is 33.0 Å². The van der Waals surface area contributed by atoms with Crippen LogP contribution in [0.1, 0.15) is 29.7 Å². The Morgan fingerprint density at radius 2 is 2.00 bits per heavy atom. The van der Waals surface area contributed by atoms with Gasteiger partial charge in [0.2, 0.25) is 5.91 Å². The van der Waals surface area contributed by atoms with Crippen LogP contribution in [-0.4, -0.2) is 32.9 Å². The zero-order valence-electron chi connectivity index (χ0n) is 15.1. The van der Waals surface area contributed by atoms with Crippen LogP contribution in [0.15, 0.2) is 34.5 Å². The summed E-state index contributed by atoms with van der Waals surface area (Å²) in [5, 5.41) is 0. The summed E-state index contributed by atoms with van der Waals surface area (Å²) in [6.45, 7) is 1.19. The maximum atomic E-state index is 12.7. The molecule has 4 rings (SSSR count). The van der Waals surface area contributed by atoms with Gasteiger partial charge in [-0.05, 0) is 55.2 Å². The van der Waals surface area contributed by atoms with Crippen LogP contribution in [0.3, 0.4) is 0 Å². The van der Waals surface area contributed by atoms with Gasteiger partial charge in [-0.1, -0.05) is 6.42 Å². The Bertz CT molecular complexity index is 947. The molecule has 0 unspecified atom stereocenters. The normalized spacial score (nSPS) is 17.1. The third-order valence-electron chi connectivity index (χ3n) is 5.22. The molecular formula is C19H22N2O4S2. The highest BCUT2D eigenvalue weighted by atomic mass is 32.2. The Morgan fingerprint density at radius 1 is 1.26 bits per heavy atom. The smallest absolute Gasteiger partial charge is 0.271 e. The second-order valence-corrected chi connectivity index (χ2v) is 10.0. The van der Waals surface area contributed by atoms with E-state index in [1.807, 2.05) is 4.90 Å². The van der Waals surface area contributed by atoms with Crippen molar-refractivity contribution in [3.05, 3.63) is 40.8 Å². The number of carbonyl (C=O) groups excluding carboxylic acids is 1. The van der Waals surface area contributed by atoms with Crippen LogP contribution in [0.5, 0.6) is 5.75 Å². The van der Waals surface area contributed by atoms with E-state index in [0.29, 0.717) is 28.7 Å². The van der Waals surface area contributed by atoms with Gasteiger partial charge in [0.05, 0.1) is 7.11 Å². The van der Waals surface area contributed by atoms with Gasteiger partial charge in [-0.25, -0.2) is 8.42 Å². The van der Waals surface area contributed by atoms with E-state index >= 15 is 0 Å². The number of amides is 1. The fourth-order valence-corrected chi connectivity index (χ4v) is 6.01. The second-order valence-electron chi connectivity index (χ2n) is 6.99. The highest BCUT2D eigenvalue weighted by Gasteiger charge is 2.32. The summed E-state index contributed by atoms with van der Waals surface area (Å²) in [5.74, 6) is 1.06. The van der Waals surface area contributed by atoms with E-state index in [-0.39, 0.29) is 11.8 Å². The number of sulfonamides is 1. The summed E-state index contributed by atoms with van der Waals surface area (Å²) in [6.07, 6.45) is 3.82. The molecule has 1 saturated carbocycles. The third-order valence-corrected chi connectivity index (χ3v) is 8.31. The van der Waals surface area contributed by atoms with Crippen molar-refractivity contribution in [2.24, 2.45) is 5.92 Å². The Kier molecular flexibility index (Phi) is 4.86. The molecule has 1 aromatic carbocycles. The fourth-order valence-electron chi connectivity index (χ4n) is 3.40. The molecule has 2 aliphatic rings. The monoisotopic (exact) mass is 406 g/mol. The molecule has 2 aromatic rings. The summed E-state index contributed by atoms with van der Waals surface area (Å²) in [5.41, 5.74) is 1.44. The average molecular weight is 407 g/mol. The lowest BCUT2D eigenvalue weighted by atomic mass is 9.84. The summed E-state index contributed by atoms with van der Waals surface area (Å²) >= 11 is 1.30. The molecule has 8 heteroatoms. The van der Waals surface area contributed by atoms with Gasteiger partial charge in [-0.3, -0.25) is 9.52 Å². The molecule has 1 N–H and O–H groups in total. The molecule has 6 nitrogen and oxygen atoms in total. The molecule has 27 heavy (non-hydrogen) atoms. The predicted molar refractivity (Wildman–Crippen MR) is 105 cm³/mol. The number of carbonyl (C=O) groups is 1. The van der Waals surface area contributed by atoms with Crippen LogP contribution in [0, 0.1) is 5.92 Å². The number of nitrogens with zero attached hydrogens (tertiary/aromatic N) is 1. The Morgan fingerprint density at radius 3 is 2.63 bits per heavy atom. The molecule has 2 heterocycles. The first-order valence-electron chi connectivity index (χ1n) is 9.03. The second kappa shape index (κ2) is 7.16. The van der Waals surface area contributed by atoms with Gasteiger partial charge < -0.3 is 9.64 Å². The van der Waals surface area contributed by atoms with Gasteiger partial charge in [0.15, 0.2) is 0 Å². The van der Waals surface area contributed by atoms with Crippen LogP contribution < -0.4 is 9.46 Å². The van der Waals surface area contributed by atoms with Crippen molar-refractivity contribution < 1.29 is 17.9 Å². The minimum Gasteiger partial charge on any atom is -0.497 e. The number of hydrogen-bond acceptors (Lipinski definition) is 5. The number of thiophene rings is 1. The maximum absolute atomic E-state index is 12.7. The summed E-state index contributed by atoms with van der Waals surface area (Å²) in [4.78, 5) is 15.4. The highest BCUT2D eigenvalue weighted by Crippen LogP contribution is 2.34. The van der Waals surface area contributed by atoms with Gasteiger partial charge in [0.25, 0.3) is 10.0 Å². The van der Waals surface area contributed by atoms with Crippen molar-refractivity contribution in [2.75, 3.05) is 18.4 Å². The number of ether oxygens (including phenoxy) is 1. The van der Waals surface area contributed by atoms with Crippen molar-refractivity contribution in [1.82, 2.24) is 4.90 Å². The lowest BCUT2D eigenvalue weighted by Gasteiger charge is -2.33. The first-order chi connectivity index (χ1) is 13.0. The van der Waals surface area contributed by atoms with Crippen LogP contribution >= 0.6 is 11.3 Å². The van der Waals surface area contributed by atoms with Crippen LogP contribution in [0.2, 0.25) is 0 Å². The van der Waals surface area contributed by atoms with E-state index < -0.39 is 10.0 Å². The van der Waals surface area contributed by atoms with E-state index in [0.717, 1.165) is 36.1 Å². The molecule has 144 valence electrons. The summed E-state index contributed by atoms with van der Waals surface area (Å²) < 4.78 is 33.5. The first kappa shape index (κ1) is 18.3. The number of methoxy groups -OCH3 is 1.